The Morgan fingerprint density at radius 2 is 1.95 bits per heavy atom. The Morgan fingerprint density at radius 3 is 2.60 bits per heavy atom. The number of halogens is 2. The summed E-state index contributed by atoms with van der Waals surface area (Å²) in [7, 11) is 0. The van der Waals surface area contributed by atoms with Gasteiger partial charge in [0.25, 0.3) is 0 Å². The van der Waals surface area contributed by atoms with E-state index in [9.17, 15) is 0 Å². The van der Waals surface area contributed by atoms with Crippen LogP contribution in [-0.2, 0) is 6.42 Å². The van der Waals surface area contributed by atoms with E-state index in [2.05, 4.69) is 0 Å². The van der Waals surface area contributed by atoms with Crippen molar-refractivity contribution < 1.29 is 9.15 Å². The van der Waals surface area contributed by atoms with Crippen LogP contribution in [0, 0.1) is 0 Å². The van der Waals surface area contributed by atoms with Crippen LogP contribution in [0.25, 0.3) is 0 Å². The van der Waals surface area contributed by atoms with Crippen molar-refractivity contribution in [2.75, 3.05) is 6.61 Å². The smallest absolute Gasteiger partial charge is 0.139 e. The summed E-state index contributed by atoms with van der Waals surface area (Å²) in [4.78, 5) is 0. The van der Waals surface area contributed by atoms with Crippen LogP contribution in [0.2, 0.25) is 10.0 Å². The number of rotatable bonds is 5. The first-order chi connectivity index (χ1) is 9.58. The molecule has 0 amide bonds. The Labute approximate surface area is 128 Å². The molecule has 1 aromatic carbocycles. The molecule has 0 saturated heterocycles. The highest BCUT2D eigenvalue weighted by Gasteiger charge is 2.19. The number of nitrogens with two attached hydrogens (primary N) is 1. The largest absolute Gasteiger partial charge is 0.492 e. The number of aryl methyl sites for hydroxylation is 1. The lowest BCUT2D eigenvalue weighted by Crippen LogP contribution is -2.13. The minimum Gasteiger partial charge on any atom is -0.492 e. The third-order valence-corrected chi connectivity index (χ3v) is 3.74. The second-order valence-electron chi connectivity index (χ2n) is 4.37. The van der Waals surface area contributed by atoms with Gasteiger partial charge in [-0.15, -0.1) is 0 Å². The van der Waals surface area contributed by atoms with Gasteiger partial charge in [-0.1, -0.05) is 30.1 Å². The lowest BCUT2D eigenvalue weighted by Gasteiger charge is -2.16. The van der Waals surface area contributed by atoms with Crippen molar-refractivity contribution >= 4 is 23.2 Å². The van der Waals surface area contributed by atoms with Gasteiger partial charge < -0.3 is 14.9 Å². The van der Waals surface area contributed by atoms with Crippen LogP contribution >= 0.6 is 23.2 Å². The third-order valence-electron chi connectivity index (χ3n) is 3.12. The Bertz CT molecular complexity index is 596. The van der Waals surface area contributed by atoms with Gasteiger partial charge in [0.15, 0.2) is 0 Å². The zero-order valence-corrected chi connectivity index (χ0v) is 13.0. The molecule has 2 aromatic rings. The summed E-state index contributed by atoms with van der Waals surface area (Å²) in [5, 5.41) is 1.04. The molecule has 0 saturated carbocycles. The molecule has 1 atom stereocenters. The molecule has 0 bridgehead atoms. The normalized spacial score (nSPS) is 12.4. The standard InChI is InChI=1S/C15H17Cl2NO2/c1-3-13-9(5-6-20-13)15(18)10-7-12(17)14(19-4-2)8-11(10)16/h5-8,15H,3-4,18H2,1-2H3. The molecule has 2 rings (SSSR count). The topological polar surface area (TPSA) is 48.4 Å². The molecule has 2 N–H and O–H groups in total. The van der Waals surface area contributed by atoms with Crippen molar-refractivity contribution in [2.45, 2.75) is 26.3 Å². The molecular weight excluding hydrogens is 297 g/mol. The summed E-state index contributed by atoms with van der Waals surface area (Å²) in [6.45, 7) is 4.44. The fourth-order valence-electron chi connectivity index (χ4n) is 2.13. The van der Waals surface area contributed by atoms with Crippen molar-refractivity contribution in [2.24, 2.45) is 5.73 Å². The predicted molar refractivity (Wildman–Crippen MR) is 81.7 cm³/mol. The van der Waals surface area contributed by atoms with E-state index in [1.165, 1.54) is 0 Å². The SMILES string of the molecule is CCOc1cc(Cl)c(C(N)c2ccoc2CC)cc1Cl. The number of furan rings is 1. The van der Waals surface area contributed by atoms with Crippen LogP contribution < -0.4 is 10.5 Å². The number of benzene rings is 1. The van der Waals surface area contributed by atoms with Gasteiger partial charge in [0.2, 0.25) is 0 Å². The van der Waals surface area contributed by atoms with E-state index in [0.717, 1.165) is 23.3 Å². The second kappa shape index (κ2) is 6.53. The number of hydrogen-bond acceptors (Lipinski definition) is 3. The first kappa shape index (κ1) is 15.2. The van der Waals surface area contributed by atoms with E-state index in [0.29, 0.717) is 22.4 Å². The first-order valence-electron chi connectivity index (χ1n) is 6.52. The molecule has 1 unspecified atom stereocenters. The summed E-state index contributed by atoms with van der Waals surface area (Å²) in [5.74, 6) is 1.43. The molecule has 1 aromatic heterocycles. The van der Waals surface area contributed by atoms with Crippen LogP contribution in [0.1, 0.15) is 36.8 Å². The van der Waals surface area contributed by atoms with Crippen LogP contribution in [0.15, 0.2) is 28.9 Å². The summed E-state index contributed by atoms with van der Waals surface area (Å²) < 4.78 is 10.8. The maximum Gasteiger partial charge on any atom is 0.139 e. The lowest BCUT2D eigenvalue weighted by atomic mass is 9.99. The van der Waals surface area contributed by atoms with Gasteiger partial charge in [-0.05, 0) is 24.6 Å². The quantitative estimate of drug-likeness (QED) is 0.877. The zero-order valence-electron chi connectivity index (χ0n) is 11.5. The first-order valence-corrected chi connectivity index (χ1v) is 7.27. The lowest BCUT2D eigenvalue weighted by molar-refractivity contribution is 0.340. The maximum atomic E-state index is 6.30. The van der Waals surface area contributed by atoms with Gasteiger partial charge in [-0.25, -0.2) is 0 Å². The van der Waals surface area contributed by atoms with Gasteiger partial charge >= 0.3 is 0 Å². The van der Waals surface area contributed by atoms with E-state index in [1.54, 1.807) is 18.4 Å². The number of ether oxygens (including phenoxy) is 1. The van der Waals surface area contributed by atoms with Crippen molar-refractivity contribution in [3.8, 4) is 5.75 Å². The Morgan fingerprint density at radius 1 is 1.20 bits per heavy atom. The van der Waals surface area contributed by atoms with E-state index in [-0.39, 0.29) is 6.04 Å². The molecule has 0 fully saturated rings. The summed E-state index contributed by atoms with van der Waals surface area (Å²) >= 11 is 12.5. The van der Waals surface area contributed by atoms with E-state index in [1.807, 2.05) is 19.9 Å². The molecule has 0 aliphatic heterocycles. The highest BCUT2D eigenvalue weighted by atomic mass is 35.5. The fourth-order valence-corrected chi connectivity index (χ4v) is 2.63. The average molecular weight is 314 g/mol. The van der Waals surface area contributed by atoms with Crippen LogP contribution in [0.3, 0.4) is 0 Å². The van der Waals surface area contributed by atoms with E-state index in [4.69, 9.17) is 38.1 Å². The zero-order chi connectivity index (χ0) is 14.7. The molecule has 5 heteroatoms. The molecule has 3 nitrogen and oxygen atoms in total. The van der Waals surface area contributed by atoms with Gasteiger partial charge in [0.05, 0.1) is 23.9 Å². The van der Waals surface area contributed by atoms with Gasteiger partial charge in [-0.3, -0.25) is 0 Å². The van der Waals surface area contributed by atoms with Gasteiger partial charge in [0.1, 0.15) is 11.5 Å². The molecular formula is C15H17Cl2NO2. The predicted octanol–water partition coefficient (Wildman–Crippen LogP) is 4.60. The summed E-state index contributed by atoms with van der Waals surface area (Å²) in [6.07, 6.45) is 2.41. The molecule has 0 aliphatic carbocycles. The minimum absolute atomic E-state index is 0.371. The highest BCUT2D eigenvalue weighted by Crippen LogP contribution is 2.36. The highest BCUT2D eigenvalue weighted by molar-refractivity contribution is 6.34. The molecule has 20 heavy (non-hydrogen) atoms. The summed E-state index contributed by atoms with van der Waals surface area (Å²) in [5.41, 5.74) is 7.97. The Balaban J connectivity index is 2.40. The van der Waals surface area contributed by atoms with Crippen LogP contribution in [0.4, 0.5) is 0 Å². The van der Waals surface area contributed by atoms with Crippen molar-refractivity contribution in [1.82, 2.24) is 0 Å². The van der Waals surface area contributed by atoms with Crippen molar-refractivity contribution in [3.63, 3.8) is 0 Å². The second-order valence-corrected chi connectivity index (χ2v) is 5.18. The Kier molecular flexibility index (Phi) is 4.97. The molecule has 108 valence electrons. The number of hydrogen-bond donors (Lipinski definition) is 1. The van der Waals surface area contributed by atoms with Gasteiger partial charge in [0, 0.05) is 23.1 Å². The minimum atomic E-state index is -0.371. The van der Waals surface area contributed by atoms with Crippen molar-refractivity contribution in [1.29, 1.82) is 0 Å². The van der Waals surface area contributed by atoms with E-state index >= 15 is 0 Å². The third kappa shape index (κ3) is 2.95. The average Bonchev–Trinajstić information content (AvgIpc) is 2.90. The summed E-state index contributed by atoms with van der Waals surface area (Å²) in [6, 6.07) is 4.95. The van der Waals surface area contributed by atoms with E-state index < -0.39 is 0 Å². The fraction of sp³-hybridized carbons (Fsp3) is 0.333. The molecule has 1 heterocycles. The molecule has 0 radical (unpaired) electrons. The Hall–Kier alpha value is -1.16. The monoisotopic (exact) mass is 313 g/mol. The van der Waals surface area contributed by atoms with Gasteiger partial charge in [-0.2, -0.15) is 0 Å². The van der Waals surface area contributed by atoms with Crippen LogP contribution in [0.5, 0.6) is 5.75 Å². The van der Waals surface area contributed by atoms with Crippen molar-refractivity contribution in [3.05, 3.63) is 51.4 Å². The van der Waals surface area contributed by atoms with Crippen LogP contribution in [-0.4, -0.2) is 6.61 Å². The molecule has 0 aliphatic rings. The maximum absolute atomic E-state index is 6.30. The molecule has 0 spiro atoms.